The monoisotopic (exact) mass is 249 g/mol. The molecule has 100 valence electrons. The highest BCUT2D eigenvalue weighted by atomic mass is 16.5. The van der Waals surface area contributed by atoms with Gasteiger partial charge >= 0.3 is 5.97 Å². The molecule has 3 heteroatoms. The minimum atomic E-state index is -0.696. The van der Waals surface area contributed by atoms with Crippen LogP contribution in [0.15, 0.2) is 24.3 Å². The standard InChI is InChI=1S/C15H23NO2/c1-4-5-10-15(11-16,14(17)18-3)13-8-6-12(2)7-9-13/h6-9H,4-5,10-11,16H2,1-3H3. The van der Waals surface area contributed by atoms with Gasteiger partial charge in [0.1, 0.15) is 5.41 Å². The van der Waals surface area contributed by atoms with Crippen molar-refractivity contribution in [1.82, 2.24) is 0 Å². The number of hydrogen-bond donors (Lipinski definition) is 1. The molecule has 0 aliphatic heterocycles. The second-order valence-electron chi connectivity index (χ2n) is 4.75. The molecule has 0 saturated carbocycles. The van der Waals surface area contributed by atoms with Gasteiger partial charge in [-0.1, -0.05) is 49.6 Å². The van der Waals surface area contributed by atoms with Crippen molar-refractivity contribution >= 4 is 5.97 Å². The first-order valence-corrected chi connectivity index (χ1v) is 6.46. The van der Waals surface area contributed by atoms with Crippen LogP contribution in [0.2, 0.25) is 0 Å². The Labute approximate surface area is 109 Å². The summed E-state index contributed by atoms with van der Waals surface area (Å²) >= 11 is 0. The van der Waals surface area contributed by atoms with Crippen LogP contribution >= 0.6 is 0 Å². The van der Waals surface area contributed by atoms with Gasteiger partial charge in [-0.3, -0.25) is 4.79 Å². The van der Waals surface area contributed by atoms with Crippen molar-refractivity contribution in [3.63, 3.8) is 0 Å². The number of unbranched alkanes of at least 4 members (excludes halogenated alkanes) is 1. The number of hydrogen-bond acceptors (Lipinski definition) is 3. The minimum absolute atomic E-state index is 0.234. The fourth-order valence-electron chi connectivity index (χ4n) is 2.21. The van der Waals surface area contributed by atoms with E-state index in [1.54, 1.807) is 0 Å². The molecule has 0 amide bonds. The Bertz CT molecular complexity index is 386. The first-order valence-electron chi connectivity index (χ1n) is 6.46. The summed E-state index contributed by atoms with van der Waals surface area (Å²) in [6.07, 6.45) is 2.72. The highest BCUT2D eigenvalue weighted by Gasteiger charge is 2.39. The summed E-state index contributed by atoms with van der Waals surface area (Å²) in [6, 6.07) is 7.98. The van der Waals surface area contributed by atoms with Gasteiger partial charge in [-0.2, -0.15) is 0 Å². The van der Waals surface area contributed by atoms with Crippen LogP contribution in [0.25, 0.3) is 0 Å². The zero-order valence-corrected chi connectivity index (χ0v) is 11.5. The third kappa shape index (κ3) is 2.91. The van der Waals surface area contributed by atoms with Gasteiger partial charge < -0.3 is 10.5 Å². The highest BCUT2D eigenvalue weighted by molar-refractivity contribution is 5.83. The van der Waals surface area contributed by atoms with Gasteiger partial charge in [0.15, 0.2) is 0 Å². The second-order valence-corrected chi connectivity index (χ2v) is 4.75. The number of rotatable bonds is 6. The van der Waals surface area contributed by atoms with Crippen molar-refractivity contribution in [2.75, 3.05) is 13.7 Å². The summed E-state index contributed by atoms with van der Waals surface area (Å²) in [4.78, 5) is 12.2. The van der Waals surface area contributed by atoms with E-state index in [-0.39, 0.29) is 12.5 Å². The van der Waals surface area contributed by atoms with Crippen LogP contribution in [0.4, 0.5) is 0 Å². The van der Waals surface area contributed by atoms with Crippen molar-refractivity contribution in [1.29, 1.82) is 0 Å². The van der Waals surface area contributed by atoms with Crippen LogP contribution in [-0.4, -0.2) is 19.6 Å². The third-order valence-electron chi connectivity index (χ3n) is 3.49. The van der Waals surface area contributed by atoms with Gasteiger partial charge in [0.2, 0.25) is 0 Å². The molecule has 1 atom stereocenters. The quantitative estimate of drug-likeness (QED) is 0.788. The molecule has 1 unspecified atom stereocenters. The van der Waals surface area contributed by atoms with Crippen LogP contribution in [0, 0.1) is 6.92 Å². The zero-order valence-electron chi connectivity index (χ0n) is 11.5. The fourth-order valence-corrected chi connectivity index (χ4v) is 2.21. The van der Waals surface area contributed by atoms with Crippen molar-refractivity contribution < 1.29 is 9.53 Å². The minimum Gasteiger partial charge on any atom is -0.468 e. The Morgan fingerprint density at radius 3 is 2.39 bits per heavy atom. The SMILES string of the molecule is CCCCC(CN)(C(=O)OC)c1ccc(C)cc1. The van der Waals surface area contributed by atoms with Gasteiger partial charge in [-0.15, -0.1) is 0 Å². The molecule has 0 aliphatic rings. The average molecular weight is 249 g/mol. The smallest absolute Gasteiger partial charge is 0.317 e. The van der Waals surface area contributed by atoms with E-state index in [4.69, 9.17) is 10.5 Å². The molecule has 0 aromatic heterocycles. The summed E-state index contributed by atoms with van der Waals surface area (Å²) in [5.74, 6) is -0.234. The molecule has 0 radical (unpaired) electrons. The summed E-state index contributed by atoms with van der Waals surface area (Å²) in [5, 5.41) is 0. The summed E-state index contributed by atoms with van der Waals surface area (Å²) < 4.78 is 4.97. The van der Waals surface area contributed by atoms with Crippen molar-refractivity contribution in [3.8, 4) is 0 Å². The highest BCUT2D eigenvalue weighted by Crippen LogP contribution is 2.31. The number of benzene rings is 1. The maximum atomic E-state index is 12.2. The van der Waals surface area contributed by atoms with Crippen LogP contribution < -0.4 is 5.73 Å². The molecule has 0 aliphatic carbocycles. The molecule has 1 aromatic carbocycles. The molecule has 1 rings (SSSR count). The van der Waals surface area contributed by atoms with E-state index in [1.165, 1.54) is 12.7 Å². The predicted molar refractivity (Wildman–Crippen MR) is 73.5 cm³/mol. The third-order valence-corrected chi connectivity index (χ3v) is 3.49. The lowest BCUT2D eigenvalue weighted by Crippen LogP contribution is -2.43. The molecule has 0 heterocycles. The molecule has 0 fully saturated rings. The lowest BCUT2D eigenvalue weighted by Gasteiger charge is -2.30. The van der Waals surface area contributed by atoms with Crippen molar-refractivity contribution in [2.24, 2.45) is 5.73 Å². The number of aryl methyl sites for hydroxylation is 1. The number of carbonyl (C=O) groups is 1. The van der Waals surface area contributed by atoms with Crippen LogP contribution in [-0.2, 0) is 14.9 Å². The van der Waals surface area contributed by atoms with E-state index in [1.807, 2.05) is 31.2 Å². The molecular formula is C15H23NO2. The Morgan fingerprint density at radius 2 is 1.94 bits per heavy atom. The molecule has 0 saturated heterocycles. The van der Waals surface area contributed by atoms with Gasteiger partial charge in [0.05, 0.1) is 7.11 Å². The topological polar surface area (TPSA) is 52.3 Å². The Morgan fingerprint density at radius 1 is 1.33 bits per heavy atom. The average Bonchev–Trinajstić information content (AvgIpc) is 2.41. The van der Waals surface area contributed by atoms with Gasteiger partial charge in [-0.05, 0) is 18.9 Å². The molecule has 2 N–H and O–H groups in total. The van der Waals surface area contributed by atoms with Crippen molar-refractivity contribution in [2.45, 2.75) is 38.5 Å². The van der Waals surface area contributed by atoms with Crippen LogP contribution in [0.1, 0.15) is 37.3 Å². The van der Waals surface area contributed by atoms with Gasteiger partial charge in [0, 0.05) is 6.54 Å². The molecule has 0 spiro atoms. The maximum Gasteiger partial charge on any atom is 0.317 e. The number of methoxy groups -OCH3 is 1. The number of ether oxygens (including phenoxy) is 1. The van der Waals surface area contributed by atoms with E-state index >= 15 is 0 Å². The maximum absolute atomic E-state index is 12.2. The first-order chi connectivity index (χ1) is 8.60. The predicted octanol–water partition coefficient (Wildman–Crippen LogP) is 2.55. The normalized spacial score (nSPS) is 14.0. The first kappa shape index (κ1) is 14.7. The fraction of sp³-hybridized carbons (Fsp3) is 0.533. The van der Waals surface area contributed by atoms with Crippen LogP contribution in [0.5, 0.6) is 0 Å². The van der Waals surface area contributed by atoms with Crippen LogP contribution in [0.3, 0.4) is 0 Å². The molecule has 1 aromatic rings. The largest absolute Gasteiger partial charge is 0.468 e. The van der Waals surface area contributed by atoms with Crippen molar-refractivity contribution in [3.05, 3.63) is 35.4 Å². The lowest BCUT2D eigenvalue weighted by molar-refractivity contribution is -0.147. The zero-order chi connectivity index (χ0) is 13.6. The molecule has 3 nitrogen and oxygen atoms in total. The summed E-state index contributed by atoms with van der Waals surface area (Å²) in [7, 11) is 1.42. The lowest BCUT2D eigenvalue weighted by atomic mass is 9.76. The summed E-state index contributed by atoms with van der Waals surface area (Å²) in [6.45, 7) is 4.41. The number of nitrogens with two attached hydrogens (primary N) is 1. The number of esters is 1. The van der Waals surface area contributed by atoms with Gasteiger partial charge in [0.25, 0.3) is 0 Å². The molecule has 0 bridgehead atoms. The molecular weight excluding hydrogens is 226 g/mol. The Balaban J connectivity index is 3.16. The van der Waals surface area contributed by atoms with E-state index in [9.17, 15) is 4.79 Å². The Hall–Kier alpha value is -1.35. The van der Waals surface area contributed by atoms with E-state index in [0.29, 0.717) is 0 Å². The van der Waals surface area contributed by atoms with E-state index in [2.05, 4.69) is 6.92 Å². The van der Waals surface area contributed by atoms with E-state index in [0.717, 1.165) is 24.8 Å². The Kier molecular flexibility index (Phi) is 5.35. The van der Waals surface area contributed by atoms with Gasteiger partial charge in [-0.25, -0.2) is 0 Å². The second kappa shape index (κ2) is 6.55. The summed E-state index contributed by atoms with van der Waals surface area (Å²) in [5.41, 5.74) is 7.32. The molecule has 18 heavy (non-hydrogen) atoms. The van der Waals surface area contributed by atoms with E-state index < -0.39 is 5.41 Å². The number of carbonyl (C=O) groups excluding carboxylic acids is 1.